The fraction of sp³-hybridized carbons (Fsp3) is 0.597. The van der Waals surface area contributed by atoms with Gasteiger partial charge < -0.3 is 19.5 Å². The molecule has 0 aliphatic carbocycles. The van der Waals surface area contributed by atoms with Gasteiger partial charge in [-0.1, -0.05) is 384 Å². The lowest BCUT2D eigenvalue weighted by Crippen LogP contribution is -2.54. The Kier molecular flexibility index (Phi) is 38.1. The smallest absolute Gasteiger partial charge is 0.220 e. The monoisotopic (exact) mass is 1120 g/mol. The van der Waals surface area contributed by atoms with Crippen LogP contribution in [-0.2, 0) is 37.8 Å². The number of hydrogen-bond acceptors (Lipinski definition) is 4. The van der Waals surface area contributed by atoms with Crippen LogP contribution in [0.1, 0.15) is 279 Å². The van der Waals surface area contributed by atoms with Gasteiger partial charge in [-0.3, -0.25) is 4.79 Å². The van der Waals surface area contributed by atoms with Crippen LogP contribution in [0.3, 0.4) is 0 Å². The quantitative estimate of drug-likeness (QED) is 0.0311. The standard InChI is InChI=1S/C77H115NO4/c1-3-5-7-9-11-13-15-17-18-19-20-21-22-23-24-25-26-27-29-31-33-35-52-64-75(79)78-73(67-82-77(70-57-45-38-46-58-70,71-59-47-39-48-60-71)72-61-49-40-50-62-72)76(81-66-69-55-43-37-44-56-69)74(80-65-68-53-41-36-42-54-68)63-51-34-32-30-28-16-14-12-10-8-6-4-2/h36-50,53-62,73-74,76H,3-35,51-52,63-67H2,1-2H3,(H,78,79)/t73-,74+,76-/m0/s1. The van der Waals surface area contributed by atoms with E-state index in [0.29, 0.717) is 19.6 Å². The molecule has 0 aliphatic rings. The van der Waals surface area contributed by atoms with E-state index in [0.717, 1.165) is 59.9 Å². The summed E-state index contributed by atoms with van der Waals surface area (Å²) in [5, 5.41) is 3.60. The maximum atomic E-state index is 14.6. The molecule has 1 N–H and O–H groups in total. The van der Waals surface area contributed by atoms with E-state index < -0.39 is 17.7 Å². The molecule has 0 unspecified atom stereocenters. The molecule has 0 heterocycles. The lowest BCUT2D eigenvalue weighted by Gasteiger charge is -2.40. The number of amides is 1. The Morgan fingerprint density at radius 3 is 1.00 bits per heavy atom. The number of carbonyl (C=O) groups excluding carboxylic acids is 1. The van der Waals surface area contributed by atoms with Crippen LogP contribution in [0.5, 0.6) is 0 Å². The van der Waals surface area contributed by atoms with Crippen molar-refractivity contribution < 1.29 is 19.0 Å². The molecule has 0 aromatic heterocycles. The average molecular weight is 1120 g/mol. The summed E-state index contributed by atoms with van der Waals surface area (Å²) in [7, 11) is 0. The number of ether oxygens (including phenoxy) is 3. The van der Waals surface area contributed by atoms with Gasteiger partial charge in [0.05, 0.1) is 32.0 Å². The fourth-order valence-corrected chi connectivity index (χ4v) is 12.1. The minimum Gasteiger partial charge on any atom is -0.371 e. The first kappa shape index (κ1) is 68.2. The normalized spacial score (nSPS) is 12.8. The van der Waals surface area contributed by atoms with E-state index >= 15 is 0 Å². The number of carbonyl (C=O) groups is 1. The third kappa shape index (κ3) is 28.8. The van der Waals surface area contributed by atoms with Crippen LogP contribution in [0, 0.1) is 0 Å². The third-order valence-electron chi connectivity index (χ3n) is 17.1. The predicted molar refractivity (Wildman–Crippen MR) is 349 cm³/mol. The lowest BCUT2D eigenvalue weighted by molar-refractivity contribution is -0.135. The van der Waals surface area contributed by atoms with E-state index in [9.17, 15) is 4.79 Å². The van der Waals surface area contributed by atoms with Gasteiger partial charge in [-0.2, -0.15) is 0 Å². The van der Waals surface area contributed by atoms with Gasteiger partial charge in [0.2, 0.25) is 5.91 Å². The molecule has 5 rings (SSSR count). The first-order valence-corrected chi connectivity index (χ1v) is 34.0. The second kappa shape index (κ2) is 45.8. The maximum Gasteiger partial charge on any atom is 0.220 e. The topological polar surface area (TPSA) is 56.8 Å². The second-order valence-corrected chi connectivity index (χ2v) is 24.1. The maximum absolute atomic E-state index is 14.6. The summed E-state index contributed by atoms with van der Waals surface area (Å²) in [5.41, 5.74) is 4.31. The van der Waals surface area contributed by atoms with Crippen molar-refractivity contribution in [2.24, 2.45) is 0 Å². The number of unbranched alkanes of at least 4 members (excludes halogenated alkanes) is 33. The Morgan fingerprint density at radius 2 is 0.659 bits per heavy atom. The van der Waals surface area contributed by atoms with E-state index in [1.165, 1.54) is 199 Å². The highest BCUT2D eigenvalue weighted by Gasteiger charge is 2.41. The highest BCUT2D eigenvalue weighted by Crippen LogP contribution is 2.41. The number of hydrogen-bond donors (Lipinski definition) is 1. The molecule has 0 spiro atoms. The zero-order chi connectivity index (χ0) is 57.5. The molecule has 0 saturated carbocycles. The highest BCUT2D eigenvalue weighted by molar-refractivity contribution is 5.76. The molecule has 5 aromatic carbocycles. The summed E-state index contributed by atoms with van der Waals surface area (Å²) >= 11 is 0. The lowest BCUT2D eigenvalue weighted by atomic mass is 9.80. The molecule has 0 saturated heterocycles. The summed E-state index contributed by atoms with van der Waals surface area (Å²) in [4.78, 5) is 14.6. The average Bonchev–Trinajstić information content (AvgIpc) is 3.60. The molecule has 5 heteroatoms. The van der Waals surface area contributed by atoms with Gasteiger partial charge in [0.15, 0.2) is 0 Å². The summed E-state index contributed by atoms with van der Waals surface area (Å²) < 4.78 is 21.9. The Morgan fingerprint density at radius 1 is 0.366 bits per heavy atom. The van der Waals surface area contributed by atoms with Crippen LogP contribution >= 0.6 is 0 Å². The van der Waals surface area contributed by atoms with Crippen molar-refractivity contribution in [2.45, 2.75) is 288 Å². The van der Waals surface area contributed by atoms with Gasteiger partial charge in [-0.25, -0.2) is 0 Å². The van der Waals surface area contributed by atoms with Gasteiger partial charge in [0.25, 0.3) is 0 Å². The fourth-order valence-electron chi connectivity index (χ4n) is 12.1. The largest absolute Gasteiger partial charge is 0.371 e. The number of benzene rings is 5. The van der Waals surface area contributed by atoms with Crippen molar-refractivity contribution >= 4 is 5.91 Å². The first-order chi connectivity index (χ1) is 40.6. The van der Waals surface area contributed by atoms with Crippen LogP contribution in [-0.4, -0.2) is 30.8 Å². The summed E-state index contributed by atoms with van der Waals surface area (Å²) in [6, 6.07) is 52.1. The zero-order valence-corrected chi connectivity index (χ0v) is 52.1. The second-order valence-electron chi connectivity index (χ2n) is 24.1. The Bertz CT molecular complexity index is 2110. The van der Waals surface area contributed by atoms with Crippen molar-refractivity contribution in [3.05, 3.63) is 179 Å². The molecular weight excluding hydrogens is 1000 g/mol. The van der Waals surface area contributed by atoms with Crippen LogP contribution in [0.25, 0.3) is 0 Å². The molecule has 5 nitrogen and oxygen atoms in total. The van der Waals surface area contributed by atoms with Crippen LogP contribution < -0.4 is 5.32 Å². The summed E-state index contributed by atoms with van der Waals surface area (Å²) in [6.07, 6.45) is 47.0. The van der Waals surface area contributed by atoms with Crippen LogP contribution in [0.4, 0.5) is 0 Å². The van der Waals surface area contributed by atoms with E-state index in [1.807, 2.05) is 0 Å². The van der Waals surface area contributed by atoms with Gasteiger partial charge in [-0.05, 0) is 40.7 Å². The van der Waals surface area contributed by atoms with Crippen LogP contribution in [0.15, 0.2) is 152 Å². The Labute approximate surface area is 502 Å². The molecule has 3 atom stereocenters. The molecule has 1 amide bonds. The summed E-state index contributed by atoms with van der Waals surface area (Å²) in [6.45, 7) is 5.64. The molecule has 82 heavy (non-hydrogen) atoms. The molecule has 0 radical (unpaired) electrons. The molecule has 5 aromatic rings. The molecule has 0 fully saturated rings. The van der Waals surface area contributed by atoms with Crippen molar-refractivity contribution in [2.75, 3.05) is 6.61 Å². The zero-order valence-electron chi connectivity index (χ0n) is 52.1. The van der Waals surface area contributed by atoms with E-state index in [1.54, 1.807) is 0 Å². The molecule has 452 valence electrons. The number of nitrogens with one attached hydrogen (secondary N) is 1. The van der Waals surface area contributed by atoms with Crippen molar-refractivity contribution in [1.82, 2.24) is 5.32 Å². The number of rotatable bonds is 52. The predicted octanol–water partition coefficient (Wildman–Crippen LogP) is 22.1. The molecular formula is C77H115NO4. The van der Waals surface area contributed by atoms with Gasteiger partial charge >= 0.3 is 0 Å². The van der Waals surface area contributed by atoms with Crippen LogP contribution in [0.2, 0.25) is 0 Å². The van der Waals surface area contributed by atoms with Gasteiger partial charge in [0, 0.05) is 6.42 Å². The van der Waals surface area contributed by atoms with Gasteiger partial charge in [-0.15, -0.1) is 0 Å². The Hall–Kier alpha value is -4.55. The van der Waals surface area contributed by atoms with Crippen molar-refractivity contribution in [3.63, 3.8) is 0 Å². The summed E-state index contributed by atoms with van der Waals surface area (Å²) in [5.74, 6) is 0.0438. The van der Waals surface area contributed by atoms with Gasteiger partial charge in [0.1, 0.15) is 11.7 Å². The SMILES string of the molecule is CCCCCCCCCCCCCCCCCCCCCCCCCC(=O)N[C@@H](COC(c1ccccc1)(c1ccccc1)c1ccccc1)[C@H](OCc1ccccc1)[C@@H](CCCCCCCCCCCCCC)OCc1ccccc1. The molecule has 0 aliphatic heterocycles. The van der Waals surface area contributed by atoms with E-state index in [4.69, 9.17) is 14.2 Å². The minimum atomic E-state index is -0.974. The first-order valence-electron chi connectivity index (χ1n) is 34.0. The molecule has 0 bridgehead atoms. The van der Waals surface area contributed by atoms with E-state index in [-0.39, 0.29) is 18.6 Å². The van der Waals surface area contributed by atoms with E-state index in [2.05, 4.69) is 171 Å². The highest BCUT2D eigenvalue weighted by atomic mass is 16.5. The van der Waals surface area contributed by atoms with Crippen molar-refractivity contribution in [1.29, 1.82) is 0 Å². The van der Waals surface area contributed by atoms with Crippen molar-refractivity contribution in [3.8, 4) is 0 Å². The Balaban J connectivity index is 1.22. The minimum absolute atomic E-state index is 0.0438. The third-order valence-corrected chi connectivity index (χ3v) is 17.1.